The van der Waals surface area contributed by atoms with E-state index in [1.165, 1.54) is 5.57 Å². The third-order valence-corrected chi connectivity index (χ3v) is 8.28. The molecule has 2 aliphatic carbocycles. The normalized spacial score (nSPS) is 46.3. The molecule has 5 heteroatoms. The average Bonchev–Trinajstić information content (AvgIpc) is 3.00. The maximum Gasteiger partial charge on any atom is 0.336 e. The number of hydrogen-bond acceptors (Lipinski definition) is 5. The SMILES string of the molecule is C=C1CC[C@@H]2[C@]3(C)CO[C@@H](CCC)O[C@@H]3CC[C@@]2(C)[C@@H]1C/C=C1/C(=O)OC[C@H]1O. The molecule has 4 rings (SSSR count). The summed E-state index contributed by atoms with van der Waals surface area (Å²) in [6.07, 6.45) is 8.31. The second kappa shape index (κ2) is 7.82. The van der Waals surface area contributed by atoms with E-state index in [1.807, 2.05) is 6.08 Å². The number of hydrogen-bond donors (Lipinski definition) is 1. The summed E-state index contributed by atoms with van der Waals surface area (Å²) >= 11 is 0. The highest BCUT2D eigenvalue weighted by molar-refractivity contribution is 5.91. The smallest absolute Gasteiger partial charge is 0.336 e. The van der Waals surface area contributed by atoms with Crippen molar-refractivity contribution in [2.24, 2.45) is 22.7 Å². The van der Waals surface area contributed by atoms with Gasteiger partial charge in [0.15, 0.2) is 6.29 Å². The van der Waals surface area contributed by atoms with Gasteiger partial charge >= 0.3 is 5.97 Å². The van der Waals surface area contributed by atoms with Crippen LogP contribution in [0.3, 0.4) is 0 Å². The quantitative estimate of drug-likeness (QED) is 0.433. The zero-order valence-corrected chi connectivity index (χ0v) is 18.1. The van der Waals surface area contributed by atoms with E-state index < -0.39 is 6.10 Å². The Morgan fingerprint density at radius 3 is 2.76 bits per heavy atom. The molecule has 0 aromatic carbocycles. The first-order chi connectivity index (χ1) is 13.8. The Labute approximate surface area is 174 Å². The van der Waals surface area contributed by atoms with Gasteiger partial charge in [-0.25, -0.2) is 4.79 Å². The monoisotopic (exact) mass is 404 g/mol. The molecule has 2 aliphatic heterocycles. The van der Waals surface area contributed by atoms with Crippen LogP contribution in [0.2, 0.25) is 0 Å². The van der Waals surface area contributed by atoms with Gasteiger partial charge in [-0.2, -0.15) is 0 Å². The number of ether oxygens (including phenoxy) is 3. The maximum atomic E-state index is 11.9. The van der Waals surface area contributed by atoms with E-state index in [1.54, 1.807) is 0 Å². The zero-order chi connectivity index (χ0) is 20.8. The van der Waals surface area contributed by atoms with E-state index in [0.29, 0.717) is 17.4 Å². The highest BCUT2D eigenvalue weighted by atomic mass is 16.7. The molecule has 0 bridgehead atoms. The minimum Gasteiger partial charge on any atom is -0.459 e. The fourth-order valence-electron chi connectivity index (χ4n) is 6.63. The lowest BCUT2D eigenvalue weighted by Gasteiger charge is -2.62. The summed E-state index contributed by atoms with van der Waals surface area (Å²) < 4.78 is 17.6. The van der Waals surface area contributed by atoms with Crippen LogP contribution in [0.1, 0.15) is 65.7 Å². The van der Waals surface area contributed by atoms with Crippen LogP contribution < -0.4 is 0 Å². The van der Waals surface area contributed by atoms with Crippen LogP contribution in [0.25, 0.3) is 0 Å². The summed E-state index contributed by atoms with van der Waals surface area (Å²) in [5, 5.41) is 10.0. The molecule has 4 aliphatic rings. The summed E-state index contributed by atoms with van der Waals surface area (Å²) in [5.41, 5.74) is 1.78. The molecule has 2 saturated heterocycles. The molecule has 4 fully saturated rings. The van der Waals surface area contributed by atoms with Gasteiger partial charge in [-0.1, -0.05) is 45.4 Å². The van der Waals surface area contributed by atoms with E-state index in [0.717, 1.165) is 51.6 Å². The molecule has 162 valence electrons. The zero-order valence-electron chi connectivity index (χ0n) is 18.1. The molecule has 5 nitrogen and oxygen atoms in total. The van der Waals surface area contributed by atoms with Gasteiger partial charge in [0.2, 0.25) is 0 Å². The molecule has 29 heavy (non-hydrogen) atoms. The number of carbonyl (C=O) groups is 1. The molecule has 0 amide bonds. The Kier molecular flexibility index (Phi) is 5.69. The fourth-order valence-corrected chi connectivity index (χ4v) is 6.63. The van der Waals surface area contributed by atoms with Crippen molar-refractivity contribution >= 4 is 5.97 Å². The van der Waals surface area contributed by atoms with Crippen LogP contribution in [-0.4, -0.2) is 42.8 Å². The summed E-state index contributed by atoms with van der Waals surface area (Å²) in [4.78, 5) is 11.9. The Balaban J connectivity index is 1.56. The molecule has 1 N–H and O–H groups in total. The molecule has 0 aromatic heterocycles. The van der Waals surface area contributed by atoms with Gasteiger partial charge in [-0.15, -0.1) is 0 Å². The molecule has 0 spiro atoms. The lowest BCUT2D eigenvalue weighted by atomic mass is 9.46. The van der Waals surface area contributed by atoms with Gasteiger partial charge in [-0.3, -0.25) is 0 Å². The van der Waals surface area contributed by atoms with Crippen molar-refractivity contribution in [1.29, 1.82) is 0 Å². The van der Waals surface area contributed by atoms with Crippen molar-refractivity contribution in [2.45, 2.75) is 84.2 Å². The van der Waals surface area contributed by atoms with Gasteiger partial charge in [0.1, 0.15) is 12.7 Å². The lowest BCUT2D eigenvalue weighted by Crippen LogP contribution is -2.61. The van der Waals surface area contributed by atoms with Crippen LogP contribution in [-0.2, 0) is 19.0 Å². The van der Waals surface area contributed by atoms with E-state index >= 15 is 0 Å². The second-order valence-corrected chi connectivity index (χ2v) is 10.0. The standard InChI is InChI=1S/C24H36O5/c1-5-6-21-28-14-24(4)19-10-7-15(2)17(23(19,3)12-11-20(24)29-21)9-8-16-18(25)13-27-22(16)26/h8,17-21,25H,2,5-7,9-14H2,1,3-4H3/b16-8+/t17-,18-,19+,20-,21-,23+,24+/m1/s1. The Morgan fingerprint density at radius 1 is 1.28 bits per heavy atom. The highest BCUT2D eigenvalue weighted by Gasteiger charge is 2.60. The Morgan fingerprint density at radius 2 is 2.07 bits per heavy atom. The predicted molar refractivity (Wildman–Crippen MR) is 110 cm³/mol. The van der Waals surface area contributed by atoms with E-state index in [2.05, 4.69) is 27.4 Å². The first kappa shape index (κ1) is 21.1. The fraction of sp³-hybridized carbons (Fsp3) is 0.792. The molecular formula is C24H36O5. The van der Waals surface area contributed by atoms with Crippen LogP contribution in [0, 0.1) is 22.7 Å². The molecular weight excluding hydrogens is 368 g/mol. The lowest BCUT2D eigenvalue weighted by molar-refractivity contribution is -0.304. The summed E-state index contributed by atoms with van der Waals surface area (Å²) in [7, 11) is 0. The van der Waals surface area contributed by atoms with Gasteiger partial charge in [-0.05, 0) is 55.8 Å². The maximum absolute atomic E-state index is 11.9. The van der Waals surface area contributed by atoms with Gasteiger partial charge < -0.3 is 19.3 Å². The molecule has 0 aromatic rings. The number of rotatable bonds is 4. The Hall–Kier alpha value is -1.17. The topological polar surface area (TPSA) is 65.0 Å². The third-order valence-electron chi connectivity index (χ3n) is 8.28. The minimum atomic E-state index is -0.799. The number of esters is 1. The molecule has 0 radical (unpaired) electrons. The van der Waals surface area contributed by atoms with Crippen molar-refractivity contribution in [2.75, 3.05) is 13.2 Å². The second-order valence-electron chi connectivity index (χ2n) is 10.0. The number of aliphatic hydroxyl groups excluding tert-OH is 1. The van der Waals surface area contributed by atoms with Crippen LogP contribution >= 0.6 is 0 Å². The van der Waals surface area contributed by atoms with Crippen molar-refractivity contribution in [3.8, 4) is 0 Å². The molecule has 2 heterocycles. The predicted octanol–water partition coefficient (Wildman–Crippen LogP) is 4.15. The largest absolute Gasteiger partial charge is 0.459 e. The number of cyclic esters (lactones) is 1. The number of carbonyl (C=O) groups excluding carboxylic acids is 1. The van der Waals surface area contributed by atoms with E-state index in [9.17, 15) is 9.90 Å². The van der Waals surface area contributed by atoms with E-state index in [-0.39, 0.29) is 35.8 Å². The number of allylic oxidation sites excluding steroid dienone is 2. The van der Waals surface area contributed by atoms with Gasteiger partial charge in [0, 0.05) is 5.41 Å². The molecule has 0 unspecified atom stereocenters. The average molecular weight is 405 g/mol. The van der Waals surface area contributed by atoms with Crippen molar-refractivity contribution in [1.82, 2.24) is 0 Å². The van der Waals surface area contributed by atoms with Crippen molar-refractivity contribution in [3.63, 3.8) is 0 Å². The minimum absolute atomic E-state index is 0.00906. The Bertz CT molecular complexity index is 699. The first-order valence-electron chi connectivity index (χ1n) is 11.3. The van der Waals surface area contributed by atoms with Crippen molar-refractivity contribution < 1.29 is 24.1 Å². The van der Waals surface area contributed by atoms with Crippen LogP contribution in [0.15, 0.2) is 23.8 Å². The molecule has 2 saturated carbocycles. The number of aliphatic hydroxyl groups is 1. The van der Waals surface area contributed by atoms with Crippen LogP contribution in [0.5, 0.6) is 0 Å². The highest BCUT2D eigenvalue weighted by Crippen LogP contribution is 2.63. The van der Waals surface area contributed by atoms with Gasteiger partial charge in [0.25, 0.3) is 0 Å². The van der Waals surface area contributed by atoms with Crippen molar-refractivity contribution in [3.05, 3.63) is 23.8 Å². The van der Waals surface area contributed by atoms with E-state index in [4.69, 9.17) is 14.2 Å². The van der Waals surface area contributed by atoms with Crippen LogP contribution in [0.4, 0.5) is 0 Å². The first-order valence-corrected chi connectivity index (χ1v) is 11.3. The third kappa shape index (κ3) is 3.49. The molecule has 7 atom stereocenters. The summed E-state index contributed by atoms with van der Waals surface area (Å²) in [6.45, 7) is 12.2. The van der Waals surface area contributed by atoms with Gasteiger partial charge in [0.05, 0.1) is 18.3 Å². The number of fused-ring (bicyclic) bond motifs is 3. The summed E-state index contributed by atoms with van der Waals surface area (Å²) in [5.74, 6) is 0.401. The summed E-state index contributed by atoms with van der Waals surface area (Å²) in [6, 6.07) is 0.